The van der Waals surface area contributed by atoms with Crippen LogP contribution in [0.5, 0.6) is 5.75 Å². The standard InChI is InChI=1S/C19H20ClN5O2/c1-25-15(18(26)24-19(22)23)8-13-14(20)6-7-16(17(13)25)27-10-12-4-2-11(9-21)3-5-12/h2-8H,9-10,21H2,1H3,(H4,22,23,24,26). The van der Waals surface area contributed by atoms with Gasteiger partial charge in [-0.25, -0.2) is 0 Å². The molecule has 0 spiro atoms. The van der Waals surface area contributed by atoms with E-state index in [-0.39, 0.29) is 5.96 Å². The summed E-state index contributed by atoms with van der Waals surface area (Å²) in [5.74, 6) is -0.245. The van der Waals surface area contributed by atoms with Gasteiger partial charge in [0.05, 0.1) is 10.5 Å². The summed E-state index contributed by atoms with van der Waals surface area (Å²) in [6.45, 7) is 0.860. The Bertz CT molecular complexity index is 1020. The number of nitrogens with two attached hydrogens (primary N) is 3. The van der Waals surface area contributed by atoms with Crippen molar-refractivity contribution in [2.45, 2.75) is 13.2 Å². The zero-order chi connectivity index (χ0) is 19.6. The fourth-order valence-corrected chi connectivity index (χ4v) is 3.04. The lowest BCUT2D eigenvalue weighted by Gasteiger charge is -2.11. The van der Waals surface area contributed by atoms with E-state index in [1.54, 1.807) is 29.8 Å². The number of ether oxygens (including phenoxy) is 1. The normalized spacial score (nSPS) is 10.8. The fourth-order valence-electron chi connectivity index (χ4n) is 2.83. The SMILES string of the molecule is Cn1c(C(=O)N=C(N)N)cc2c(Cl)ccc(OCc3ccc(CN)cc3)c21. The Labute approximate surface area is 161 Å². The van der Waals surface area contributed by atoms with Crippen molar-refractivity contribution in [2.24, 2.45) is 29.2 Å². The van der Waals surface area contributed by atoms with Crippen LogP contribution >= 0.6 is 11.6 Å². The minimum Gasteiger partial charge on any atom is -0.487 e. The lowest BCUT2D eigenvalue weighted by atomic mass is 10.1. The second kappa shape index (κ2) is 7.69. The van der Waals surface area contributed by atoms with E-state index in [0.29, 0.717) is 40.5 Å². The maximum absolute atomic E-state index is 12.2. The monoisotopic (exact) mass is 385 g/mol. The van der Waals surface area contributed by atoms with Crippen LogP contribution in [0.25, 0.3) is 10.9 Å². The third-order valence-corrected chi connectivity index (χ3v) is 4.54. The molecule has 0 bridgehead atoms. The summed E-state index contributed by atoms with van der Waals surface area (Å²) < 4.78 is 7.65. The van der Waals surface area contributed by atoms with Gasteiger partial charge in [0.1, 0.15) is 18.1 Å². The molecule has 140 valence electrons. The maximum atomic E-state index is 12.2. The smallest absolute Gasteiger partial charge is 0.296 e. The average Bonchev–Trinajstić information content (AvgIpc) is 3.00. The topological polar surface area (TPSA) is 122 Å². The average molecular weight is 386 g/mol. The number of benzene rings is 2. The quantitative estimate of drug-likeness (QED) is 0.459. The molecule has 1 amide bonds. The van der Waals surface area contributed by atoms with Gasteiger partial charge in [-0.1, -0.05) is 35.9 Å². The molecule has 0 aliphatic carbocycles. The van der Waals surface area contributed by atoms with Crippen molar-refractivity contribution < 1.29 is 9.53 Å². The van der Waals surface area contributed by atoms with Crippen molar-refractivity contribution in [3.05, 3.63) is 64.3 Å². The highest BCUT2D eigenvalue weighted by molar-refractivity contribution is 6.36. The molecule has 0 radical (unpaired) electrons. The number of carbonyl (C=O) groups is 1. The number of aromatic nitrogens is 1. The highest BCUT2D eigenvalue weighted by atomic mass is 35.5. The lowest BCUT2D eigenvalue weighted by Crippen LogP contribution is -2.24. The summed E-state index contributed by atoms with van der Waals surface area (Å²) in [6.07, 6.45) is 0. The van der Waals surface area contributed by atoms with E-state index in [2.05, 4.69) is 4.99 Å². The maximum Gasteiger partial charge on any atom is 0.296 e. The van der Waals surface area contributed by atoms with Gasteiger partial charge in [-0.05, 0) is 29.3 Å². The van der Waals surface area contributed by atoms with Crippen LogP contribution in [0, 0.1) is 0 Å². The van der Waals surface area contributed by atoms with Crippen molar-refractivity contribution in [3.63, 3.8) is 0 Å². The van der Waals surface area contributed by atoms with Crippen molar-refractivity contribution in [3.8, 4) is 5.75 Å². The third-order valence-electron chi connectivity index (χ3n) is 4.21. The number of guanidine groups is 1. The molecular weight excluding hydrogens is 366 g/mol. The van der Waals surface area contributed by atoms with E-state index < -0.39 is 5.91 Å². The minimum absolute atomic E-state index is 0.297. The molecule has 8 heteroatoms. The number of carbonyl (C=O) groups excluding carboxylic acids is 1. The second-order valence-corrected chi connectivity index (χ2v) is 6.45. The molecule has 1 aromatic heterocycles. The summed E-state index contributed by atoms with van der Waals surface area (Å²) in [6, 6.07) is 13.0. The van der Waals surface area contributed by atoms with Crippen LogP contribution in [0.4, 0.5) is 0 Å². The number of nitrogens with zero attached hydrogens (tertiary/aromatic N) is 2. The van der Waals surface area contributed by atoms with Crippen molar-refractivity contribution in [2.75, 3.05) is 0 Å². The van der Waals surface area contributed by atoms with Gasteiger partial charge in [-0.3, -0.25) is 4.79 Å². The first-order valence-electron chi connectivity index (χ1n) is 8.23. The first kappa shape index (κ1) is 18.8. The first-order valence-corrected chi connectivity index (χ1v) is 8.61. The Balaban J connectivity index is 1.95. The first-order chi connectivity index (χ1) is 12.9. The summed E-state index contributed by atoms with van der Waals surface area (Å²) in [5.41, 5.74) is 19.3. The molecule has 27 heavy (non-hydrogen) atoms. The van der Waals surface area contributed by atoms with E-state index in [1.165, 1.54) is 0 Å². The van der Waals surface area contributed by atoms with Gasteiger partial charge >= 0.3 is 0 Å². The summed E-state index contributed by atoms with van der Waals surface area (Å²) >= 11 is 6.30. The van der Waals surface area contributed by atoms with Crippen LogP contribution in [0.2, 0.25) is 5.02 Å². The molecule has 0 fully saturated rings. The predicted octanol–water partition coefficient (Wildman–Crippen LogP) is 2.28. The third kappa shape index (κ3) is 3.89. The largest absolute Gasteiger partial charge is 0.487 e. The van der Waals surface area contributed by atoms with Gasteiger partial charge in [-0.2, -0.15) is 4.99 Å². The van der Waals surface area contributed by atoms with Crippen LogP contribution in [-0.2, 0) is 20.2 Å². The Hall–Kier alpha value is -3.03. The Kier molecular flexibility index (Phi) is 5.34. The number of aliphatic imine (C=N–C) groups is 1. The molecule has 1 heterocycles. The number of hydrogen-bond acceptors (Lipinski definition) is 3. The lowest BCUT2D eigenvalue weighted by molar-refractivity contribution is 0.0995. The summed E-state index contributed by atoms with van der Waals surface area (Å²) in [7, 11) is 1.73. The van der Waals surface area contributed by atoms with Gasteiger partial charge in [0, 0.05) is 19.0 Å². The van der Waals surface area contributed by atoms with Crippen LogP contribution < -0.4 is 21.9 Å². The molecule has 7 nitrogen and oxygen atoms in total. The number of hydrogen-bond donors (Lipinski definition) is 3. The molecule has 0 aliphatic heterocycles. The number of rotatable bonds is 5. The van der Waals surface area contributed by atoms with Gasteiger partial charge in [0.2, 0.25) is 0 Å². The molecule has 2 aromatic carbocycles. The Morgan fingerprint density at radius 2 is 1.81 bits per heavy atom. The molecule has 0 saturated heterocycles. The van der Waals surface area contributed by atoms with E-state index in [4.69, 9.17) is 33.5 Å². The minimum atomic E-state index is -0.548. The van der Waals surface area contributed by atoms with Crippen molar-refractivity contribution in [1.29, 1.82) is 0 Å². The number of fused-ring (bicyclic) bond motifs is 1. The van der Waals surface area contributed by atoms with Gasteiger partial charge in [-0.15, -0.1) is 0 Å². The van der Waals surface area contributed by atoms with E-state index in [1.807, 2.05) is 24.3 Å². The molecular formula is C19H20ClN5O2. The number of aryl methyl sites for hydroxylation is 1. The van der Waals surface area contributed by atoms with E-state index >= 15 is 0 Å². The zero-order valence-corrected chi connectivity index (χ0v) is 15.5. The zero-order valence-electron chi connectivity index (χ0n) is 14.8. The molecule has 3 rings (SSSR count). The molecule has 0 aliphatic rings. The van der Waals surface area contributed by atoms with Crippen molar-refractivity contribution in [1.82, 2.24) is 4.57 Å². The van der Waals surface area contributed by atoms with Crippen LogP contribution in [0.15, 0.2) is 47.5 Å². The predicted molar refractivity (Wildman–Crippen MR) is 107 cm³/mol. The highest BCUT2D eigenvalue weighted by Crippen LogP contribution is 2.34. The molecule has 0 saturated carbocycles. The van der Waals surface area contributed by atoms with Crippen LogP contribution in [-0.4, -0.2) is 16.4 Å². The molecule has 6 N–H and O–H groups in total. The Morgan fingerprint density at radius 3 is 2.44 bits per heavy atom. The van der Waals surface area contributed by atoms with Gasteiger partial charge < -0.3 is 26.5 Å². The Morgan fingerprint density at radius 1 is 1.15 bits per heavy atom. The van der Waals surface area contributed by atoms with Crippen molar-refractivity contribution >= 4 is 34.4 Å². The van der Waals surface area contributed by atoms with E-state index in [0.717, 1.165) is 11.1 Å². The molecule has 3 aromatic rings. The molecule has 0 atom stereocenters. The number of amides is 1. The summed E-state index contributed by atoms with van der Waals surface area (Å²) in [5, 5.41) is 1.19. The van der Waals surface area contributed by atoms with Crippen LogP contribution in [0.1, 0.15) is 21.6 Å². The fraction of sp³-hybridized carbons (Fsp3) is 0.158. The van der Waals surface area contributed by atoms with Gasteiger partial charge in [0.25, 0.3) is 5.91 Å². The van der Waals surface area contributed by atoms with Gasteiger partial charge in [0.15, 0.2) is 5.96 Å². The van der Waals surface area contributed by atoms with Crippen LogP contribution in [0.3, 0.4) is 0 Å². The second-order valence-electron chi connectivity index (χ2n) is 6.05. The number of halogens is 1. The molecule has 0 unspecified atom stereocenters. The summed E-state index contributed by atoms with van der Waals surface area (Å²) in [4.78, 5) is 15.8. The highest BCUT2D eigenvalue weighted by Gasteiger charge is 2.18. The van der Waals surface area contributed by atoms with E-state index in [9.17, 15) is 4.79 Å².